The van der Waals surface area contributed by atoms with Gasteiger partial charge in [-0.2, -0.15) is 0 Å². The lowest BCUT2D eigenvalue weighted by Crippen LogP contribution is -2.18. The van der Waals surface area contributed by atoms with E-state index >= 15 is 0 Å². The van der Waals surface area contributed by atoms with Crippen LogP contribution in [0.1, 0.15) is 26.3 Å². The van der Waals surface area contributed by atoms with E-state index in [1.807, 2.05) is 45.0 Å². The highest BCUT2D eigenvalue weighted by atomic mass is 35.5. The summed E-state index contributed by atoms with van der Waals surface area (Å²) in [5.41, 5.74) is 1.17. The van der Waals surface area contributed by atoms with Gasteiger partial charge in [0, 0.05) is 16.9 Å². The minimum Gasteiger partial charge on any atom is -0.299 e. The molecule has 1 atom stereocenters. The van der Waals surface area contributed by atoms with Crippen LogP contribution in [0.2, 0.25) is 5.02 Å². The summed E-state index contributed by atoms with van der Waals surface area (Å²) in [7, 11) is 0. The Balaban J connectivity index is 2.62. The van der Waals surface area contributed by atoms with Crippen molar-refractivity contribution in [1.82, 2.24) is 0 Å². The molecule has 0 bridgehead atoms. The van der Waals surface area contributed by atoms with E-state index in [0.29, 0.717) is 5.78 Å². The second kappa shape index (κ2) is 5.32. The van der Waals surface area contributed by atoms with Gasteiger partial charge in [0.2, 0.25) is 0 Å². The second-order valence-electron chi connectivity index (χ2n) is 4.29. The van der Waals surface area contributed by atoms with Gasteiger partial charge in [0.1, 0.15) is 5.78 Å². The van der Waals surface area contributed by atoms with Crippen LogP contribution in [0.25, 0.3) is 0 Å². The molecule has 1 rings (SSSR count). The maximum Gasteiger partial charge on any atom is 0.138 e. The van der Waals surface area contributed by atoms with Gasteiger partial charge in [-0.25, -0.2) is 0 Å². The van der Waals surface area contributed by atoms with Gasteiger partial charge in [0.25, 0.3) is 0 Å². The first kappa shape index (κ1) is 12.3. The Morgan fingerprint density at radius 3 is 2.20 bits per heavy atom. The summed E-state index contributed by atoms with van der Waals surface area (Å²) in [6.07, 6.45) is 0.800. The van der Waals surface area contributed by atoms with Crippen LogP contribution in [-0.2, 0) is 11.2 Å². The van der Waals surface area contributed by atoms with Crippen LogP contribution in [0.4, 0.5) is 0 Å². The molecule has 82 valence electrons. The maximum atomic E-state index is 11.7. The van der Waals surface area contributed by atoms with E-state index in [1.165, 1.54) is 5.56 Å². The largest absolute Gasteiger partial charge is 0.299 e. The molecule has 1 unspecified atom stereocenters. The summed E-state index contributed by atoms with van der Waals surface area (Å²) < 4.78 is 0. The van der Waals surface area contributed by atoms with Gasteiger partial charge in [0.15, 0.2) is 0 Å². The lowest BCUT2D eigenvalue weighted by atomic mass is 9.91. The fourth-order valence-electron chi connectivity index (χ4n) is 1.64. The minimum atomic E-state index is 0.0891. The molecule has 0 saturated carbocycles. The smallest absolute Gasteiger partial charge is 0.138 e. The van der Waals surface area contributed by atoms with Crippen molar-refractivity contribution in [2.24, 2.45) is 11.8 Å². The highest BCUT2D eigenvalue weighted by Gasteiger charge is 2.16. The normalized spacial score (nSPS) is 12.9. The van der Waals surface area contributed by atoms with Crippen LogP contribution in [0, 0.1) is 11.8 Å². The van der Waals surface area contributed by atoms with E-state index in [0.717, 1.165) is 11.4 Å². The van der Waals surface area contributed by atoms with Crippen molar-refractivity contribution in [2.75, 3.05) is 0 Å². The van der Waals surface area contributed by atoms with Gasteiger partial charge in [0.05, 0.1) is 0 Å². The van der Waals surface area contributed by atoms with Crippen LogP contribution in [0.3, 0.4) is 0 Å². The molecule has 1 aromatic rings. The standard InChI is InChI=1S/C13H17ClO/c1-9(2)13(15)10(3)8-11-4-6-12(14)7-5-11/h4-7,9-10H,8H2,1-3H3. The van der Waals surface area contributed by atoms with Crippen LogP contribution in [-0.4, -0.2) is 5.78 Å². The van der Waals surface area contributed by atoms with Crippen LogP contribution in [0.5, 0.6) is 0 Å². The van der Waals surface area contributed by atoms with Crippen LogP contribution < -0.4 is 0 Å². The van der Waals surface area contributed by atoms with Gasteiger partial charge < -0.3 is 0 Å². The third kappa shape index (κ3) is 3.67. The molecule has 2 heteroatoms. The quantitative estimate of drug-likeness (QED) is 0.762. The fraction of sp³-hybridized carbons (Fsp3) is 0.462. The number of hydrogen-bond acceptors (Lipinski definition) is 1. The molecule has 0 aliphatic heterocycles. The predicted molar refractivity (Wildman–Crippen MR) is 64.2 cm³/mol. The first-order chi connectivity index (χ1) is 7.00. The molecule has 0 amide bonds. The van der Waals surface area contributed by atoms with Crippen molar-refractivity contribution in [1.29, 1.82) is 0 Å². The van der Waals surface area contributed by atoms with Crippen molar-refractivity contribution in [3.05, 3.63) is 34.9 Å². The SMILES string of the molecule is CC(C)C(=O)C(C)Cc1ccc(Cl)cc1. The molecule has 1 aromatic carbocycles. The molecule has 0 saturated heterocycles. The third-order valence-electron chi connectivity index (χ3n) is 2.51. The molecule has 0 heterocycles. The molecule has 0 fully saturated rings. The monoisotopic (exact) mass is 224 g/mol. The summed E-state index contributed by atoms with van der Waals surface area (Å²) in [5, 5.41) is 0.738. The highest BCUT2D eigenvalue weighted by molar-refractivity contribution is 6.30. The van der Waals surface area contributed by atoms with Crippen molar-refractivity contribution in [3.63, 3.8) is 0 Å². The number of carbonyl (C=O) groups excluding carboxylic acids is 1. The first-order valence-corrected chi connectivity index (χ1v) is 5.66. The summed E-state index contributed by atoms with van der Waals surface area (Å²) in [5.74, 6) is 0.531. The Labute approximate surface area is 96.5 Å². The minimum absolute atomic E-state index is 0.0891. The number of halogens is 1. The summed E-state index contributed by atoms with van der Waals surface area (Å²) in [4.78, 5) is 11.7. The van der Waals surface area contributed by atoms with E-state index in [-0.39, 0.29) is 11.8 Å². The predicted octanol–water partition coefficient (Wildman–Crippen LogP) is 3.74. The van der Waals surface area contributed by atoms with Gasteiger partial charge in [-0.05, 0) is 24.1 Å². The van der Waals surface area contributed by atoms with E-state index in [2.05, 4.69) is 0 Å². The molecule has 1 nitrogen and oxygen atoms in total. The molecular weight excluding hydrogens is 208 g/mol. The molecule has 0 aliphatic carbocycles. The number of ketones is 1. The number of Topliss-reactive ketones (excluding diaryl/α,β-unsaturated/α-hetero) is 1. The number of rotatable bonds is 4. The fourth-order valence-corrected chi connectivity index (χ4v) is 1.77. The molecule has 0 aromatic heterocycles. The van der Waals surface area contributed by atoms with Crippen LogP contribution in [0.15, 0.2) is 24.3 Å². The summed E-state index contributed by atoms with van der Waals surface area (Å²) >= 11 is 5.79. The second-order valence-corrected chi connectivity index (χ2v) is 4.73. The Morgan fingerprint density at radius 1 is 1.20 bits per heavy atom. The molecular formula is C13H17ClO. The molecule has 0 spiro atoms. The van der Waals surface area contributed by atoms with Crippen LogP contribution >= 0.6 is 11.6 Å². The van der Waals surface area contributed by atoms with Crippen molar-refractivity contribution >= 4 is 17.4 Å². The van der Waals surface area contributed by atoms with Crippen molar-refractivity contribution in [2.45, 2.75) is 27.2 Å². The number of carbonyl (C=O) groups is 1. The van der Waals surface area contributed by atoms with Crippen molar-refractivity contribution < 1.29 is 4.79 Å². The van der Waals surface area contributed by atoms with Gasteiger partial charge in [-0.1, -0.05) is 44.5 Å². The van der Waals surface area contributed by atoms with Gasteiger partial charge >= 0.3 is 0 Å². The lowest BCUT2D eigenvalue weighted by Gasteiger charge is -2.12. The molecule has 0 N–H and O–H groups in total. The molecule has 0 aliphatic rings. The van der Waals surface area contributed by atoms with Gasteiger partial charge in [-0.15, -0.1) is 0 Å². The Kier molecular flexibility index (Phi) is 4.34. The maximum absolute atomic E-state index is 11.7. The Bertz CT molecular complexity index is 327. The topological polar surface area (TPSA) is 17.1 Å². The zero-order valence-corrected chi connectivity index (χ0v) is 10.2. The first-order valence-electron chi connectivity index (χ1n) is 5.29. The summed E-state index contributed by atoms with van der Waals surface area (Å²) in [6, 6.07) is 7.69. The van der Waals surface area contributed by atoms with E-state index in [1.54, 1.807) is 0 Å². The summed E-state index contributed by atoms with van der Waals surface area (Å²) in [6.45, 7) is 5.87. The number of benzene rings is 1. The third-order valence-corrected chi connectivity index (χ3v) is 2.76. The zero-order valence-electron chi connectivity index (χ0n) is 9.46. The van der Waals surface area contributed by atoms with E-state index in [4.69, 9.17) is 11.6 Å². The van der Waals surface area contributed by atoms with E-state index < -0.39 is 0 Å². The Morgan fingerprint density at radius 2 is 1.73 bits per heavy atom. The zero-order chi connectivity index (χ0) is 11.4. The average molecular weight is 225 g/mol. The van der Waals surface area contributed by atoms with Crippen molar-refractivity contribution in [3.8, 4) is 0 Å². The average Bonchev–Trinajstić information content (AvgIpc) is 2.20. The molecule has 0 radical (unpaired) electrons. The lowest BCUT2D eigenvalue weighted by molar-refractivity contribution is -0.125. The van der Waals surface area contributed by atoms with Gasteiger partial charge in [-0.3, -0.25) is 4.79 Å². The Hall–Kier alpha value is -0.820. The molecule has 15 heavy (non-hydrogen) atoms. The number of hydrogen-bond donors (Lipinski definition) is 0. The van der Waals surface area contributed by atoms with E-state index in [9.17, 15) is 4.79 Å². The highest BCUT2D eigenvalue weighted by Crippen LogP contribution is 2.15.